The Morgan fingerprint density at radius 2 is 1.84 bits per heavy atom. The second kappa shape index (κ2) is 12.2. The number of para-hydroxylation sites is 2. The average molecular weight is 512 g/mol. The lowest BCUT2D eigenvalue weighted by molar-refractivity contribution is 0.0945. The minimum absolute atomic E-state index is 0.0327. The van der Waals surface area contributed by atoms with E-state index in [1.165, 1.54) is 19.3 Å². The van der Waals surface area contributed by atoms with Crippen molar-refractivity contribution >= 4 is 16.8 Å². The van der Waals surface area contributed by atoms with E-state index < -0.39 is 0 Å². The monoisotopic (exact) mass is 511 g/mol. The van der Waals surface area contributed by atoms with Gasteiger partial charge in [0.1, 0.15) is 18.1 Å². The molecule has 2 unspecified atom stereocenters. The number of nitrogens with one attached hydrogen (secondary N) is 2. The largest absolute Gasteiger partial charge is 0.497 e. The number of benzene rings is 3. The number of methoxy groups -OCH3 is 1. The second-order valence-corrected chi connectivity index (χ2v) is 10.1. The van der Waals surface area contributed by atoms with Crippen molar-refractivity contribution in [2.75, 3.05) is 33.4 Å². The SMILES string of the molecule is COc1ccc(C(CNC(=O)c2ccccc2OCCN2CCCCC2C)c2c[nH]c3ccccc23)cc1. The standard InChI is InChI=1S/C32H37N3O3/c1-23-9-7-8-18-35(23)19-20-38-31-13-6-4-11-27(31)32(36)34-21-28(24-14-16-25(37-2)17-15-24)29-22-33-30-12-5-3-10-26(29)30/h3-6,10-17,22-23,28,33H,7-9,18-21H2,1-2H3,(H,34,36). The third-order valence-electron chi connectivity index (χ3n) is 7.69. The van der Waals surface area contributed by atoms with Gasteiger partial charge >= 0.3 is 0 Å². The van der Waals surface area contributed by atoms with Crippen LogP contribution in [0, 0.1) is 0 Å². The summed E-state index contributed by atoms with van der Waals surface area (Å²) in [5.41, 5.74) is 3.89. The van der Waals surface area contributed by atoms with Crippen molar-refractivity contribution in [3.8, 4) is 11.5 Å². The Morgan fingerprint density at radius 1 is 1.05 bits per heavy atom. The number of hydrogen-bond acceptors (Lipinski definition) is 4. The topological polar surface area (TPSA) is 66.6 Å². The smallest absolute Gasteiger partial charge is 0.255 e. The van der Waals surface area contributed by atoms with E-state index in [9.17, 15) is 4.79 Å². The third kappa shape index (κ3) is 5.86. The molecule has 0 radical (unpaired) electrons. The van der Waals surface area contributed by atoms with Gasteiger partial charge < -0.3 is 19.8 Å². The Balaban J connectivity index is 1.31. The highest BCUT2D eigenvalue weighted by molar-refractivity contribution is 5.97. The lowest BCUT2D eigenvalue weighted by atomic mass is 9.90. The van der Waals surface area contributed by atoms with Crippen molar-refractivity contribution < 1.29 is 14.3 Å². The zero-order chi connectivity index (χ0) is 26.3. The van der Waals surface area contributed by atoms with Gasteiger partial charge in [-0.2, -0.15) is 0 Å². The Morgan fingerprint density at radius 3 is 2.66 bits per heavy atom. The highest BCUT2D eigenvalue weighted by Crippen LogP contribution is 2.31. The zero-order valence-electron chi connectivity index (χ0n) is 22.3. The van der Waals surface area contributed by atoms with Gasteiger partial charge in [0.05, 0.1) is 12.7 Å². The fraction of sp³-hybridized carbons (Fsp3) is 0.344. The van der Waals surface area contributed by atoms with Gasteiger partial charge in [0, 0.05) is 42.1 Å². The molecule has 0 spiro atoms. The van der Waals surface area contributed by atoms with Crippen LogP contribution in [0.2, 0.25) is 0 Å². The summed E-state index contributed by atoms with van der Waals surface area (Å²) in [6.45, 7) is 5.29. The highest BCUT2D eigenvalue weighted by Gasteiger charge is 2.22. The number of hydrogen-bond donors (Lipinski definition) is 2. The van der Waals surface area contributed by atoms with Crippen LogP contribution in [0.4, 0.5) is 0 Å². The first kappa shape index (κ1) is 25.9. The molecule has 5 rings (SSSR count). The third-order valence-corrected chi connectivity index (χ3v) is 7.69. The molecule has 1 saturated heterocycles. The summed E-state index contributed by atoms with van der Waals surface area (Å²) in [6.07, 6.45) is 5.84. The van der Waals surface area contributed by atoms with Crippen LogP contribution in [0.15, 0.2) is 79.0 Å². The van der Waals surface area contributed by atoms with Gasteiger partial charge in [-0.05, 0) is 67.8 Å². The van der Waals surface area contributed by atoms with Crippen LogP contribution in [-0.2, 0) is 0 Å². The lowest BCUT2D eigenvalue weighted by Gasteiger charge is -2.33. The molecule has 198 valence electrons. The molecule has 6 heteroatoms. The number of aromatic amines is 1. The summed E-state index contributed by atoms with van der Waals surface area (Å²) in [5.74, 6) is 1.27. The molecule has 4 aromatic rings. The van der Waals surface area contributed by atoms with Gasteiger partial charge in [0.2, 0.25) is 0 Å². The summed E-state index contributed by atoms with van der Waals surface area (Å²) in [7, 11) is 1.67. The number of carbonyl (C=O) groups is 1. The Bertz CT molecular complexity index is 1350. The van der Waals surface area contributed by atoms with Crippen molar-refractivity contribution in [3.63, 3.8) is 0 Å². The van der Waals surface area contributed by atoms with E-state index in [2.05, 4.69) is 46.4 Å². The molecule has 2 N–H and O–H groups in total. The molecule has 1 fully saturated rings. The van der Waals surface area contributed by atoms with E-state index >= 15 is 0 Å². The zero-order valence-corrected chi connectivity index (χ0v) is 22.3. The van der Waals surface area contributed by atoms with Gasteiger partial charge in [-0.1, -0.05) is 48.9 Å². The number of likely N-dealkylation sites (tertiary alicyclic amines) is 1. The second-order valence-electron chi connectivity index (χ2n) is 10.1. The lowest BCUT2D eigenvalue weighted by Crippen LogP contribution is -2.40. The number of amides is 1. The number of H-pyrrole nitrogens is 1. The molecule has 0 saturated carbocycles. The predicted molar refractivity (Wildman–Crippen MR) is 152 cm³/mol. The van der Waals surface area contributed by atoms with Crippen LogP contribution in [-0.4, -0.2) is 55.2 Å². The number of piperidine rings is 1. The van der Waals surface area contributed by atoms with Crippen LogP contribution in [0.3, 0.4) is 0 Å². The summed E-state index contributed by atoms with van der Waals surface area (Å²) in [5, 5.41) is 4.34. The summed E-state index contributed by atoms with van der Waals surface area (Å²) >= 11 is 0. The molecule has 1 aliphatic heterocycles. The van der Waals surface area contributed by atoms with Crippen molar-refractivity contribution in [2.24, 2.45) is 0 Å². The molecule has 3 aromatic carbocycles. The maximum Gasteiger partial charge on any atom is 0.255 e. The van der Waals surface area contributed by atoms with Crippen molar-refractivity contribution in [1.29, 1.82) is 0 Å². The van der Waals surface area contributed by atoms with Gasteiger partial charge in [-0.15, -0.1) is 0 Å². The molecular formula is C32H37N3O3. The fourth-order valence-corrected chi connectivity index (χ4v) is 5.46. The molecule has 0 bridgehead atoms. The number of ether oxygens (including phenoxy) is 2. The maximum absolute atomic E-state index is 13.4. The number of aromatic nitrogens is 1. The van der Waals surface area contributed by atoms with Crippen LogP contribution < -0.4 is 14.8 Å². The molecular weight excluding hydrogens is 474 g/mol. The van der Waals surface area contributed by atoms with E-state index in [-0.39, 0.29) is 11.8 Å². The van der Waals surface area contributed by atoms with Crippen LogP contribution in [0.25, 0.3) is 10.9 Å². The minimum atomic E-state index is -0.134. The van der Waals surface area contributed by atoms with Gasteiger partial charge in [-0.25, -0.2) is 0 Å². The maximum atomic E-state index is 13.4. The summed E-state index contributed by atoms with van der Waals surface area (Å²) < 4.78 is 11.5. The molecule has 1 amide bonds. The van der Waals surface area contributed by atoms with Crippen molar-refractivity contribution in [2.45, 2.75) is 38.1 Å². The van der Waals surface area contributed by atoms with Crippen LogP contribution >= 0.6 is 0 Å². The highest BCUT2D eigenvalue weighted by atomic mass is 16.5. The van der Waals surface area contributed by atoms with Gasteiger partial charge in [0.25, 0.3) is 5.91 Å². The molecule has 1 aromatic heterocycles. The van der Waals surface area contributed by atoms with E-state index in [1.54, 1.807) is 7.11 Å². The minimum Gasteiger partial charge on any atom is -0.497 e. The Hall–Kier alpha value is -3.77. The summed E-state index contributed by atoms with van der Waals surface area (Å²) in [4.78, 5) is 19.3. The molecule has 2 atom stereocenters. The first-order chi connectivity index (χ1) is 18.6. The van der Waals surface area contributed by atoms with Crippen LogP contribution in [0.5, 0.6) is 11.5 Å². The number of carbonyl (C=O) groups excluding carboxylic acids is 1. The molecule has 38 heavy (non-hydrogen) atoms. The average Bonchev–Trinajstić information content (AvgIpc) is 3.39. The van der Waals surface area contributed by atoms with E-state index in [4.69, 9.17) is 9.47 Å². The van der Waals surface area contributed by atoms with E-state index in [1.807, 2.05) is 54.7 Å². The fourth-order valence-electron chi connectivity index (χ4n) is 5.46. The predicted octanol–water partition coefficient (Wildman–Crippen LogP) is 5.99. The molecule has 0 aliphatic carbocycles. The first-order valence-corrected chi connectivity index (χ1v) is 13.6. The van der Waals surface area contributed by atoms with Crippen LogP contribution in [0.1, 0.15) is 53.6 Å². The van der Waals surface area contributed by atoms with E-state index in [0.29, 0.717) is 30.5 Å². The molecule has 6 nitrogen and oxygen atoms in total. The van der Waals surface area contributed by atoms with E-state index in [0.717, 1.165) is 40.9 Å². The molecule has 1 aliphatic rings. The number of rotatable bonds is 10. The normalized spacial score (nSPS) is 16.7. The number of fused-ring (bicyclic) bond motifs is 1. The Kier molecular flexibility index (Phi) is 8.29. The first-order valence-electron chi connectivity index (χ1n) is 13.6. The van der Waals surface area contributed by atoms with Crippen molar-refractivity contribution in [1.82, 2.24) is 15.2 Å². The van der Waals surface area contributed by atoms with Gasteiger partial charge in [-0.3, -0.25) is 9.69 Å². The Labute approximate surface area is 225 Å². The van der Waals surface area contributed by atoms with Gasteiger partial charge in [0.15, 0.2) is 0 Å². The summed E-state index contributed by atoms with van der Waals surface area (Å²) in [6, 6.07) is 24.4. The number of nitrogens with zero attached hydrogens (tertiary/aromatic N) is 1. The quantitative estimate of drug-likeness (QED) is 0.274. The molecule has 2 heterocycles. The van der Waals surface area contributed by atoms with Crippen molar-refractivity contribution in [3.05, 3.63) is 95.7 Å².